The summed E-state index contributed by atoms with van der Waals surface area (Å²) in [5.41, 5.74) is 6.44. The minimum atomic E-state index is 0. The van der Waals surface area contributed by atoms with Gasteiger partial charge in [-0.1, -0.05) is 57.7 Å². The van der Waals surface area contributed by atoms with Gasteiger partial charge in [-0.2, -0.15) is 5.10 Å². The summed E-state index contributed by atoms with van der Waals surface area (Å²) in [6, 6.07) is 17.5. The van der Waals surface area contributed by atoms with E-state index in [2.05, 4.69) is 120 Å². The van der Waals surface area contributed by atoms with E-state index in [0.29, 0.717) is 6.04 Å². The first-order valence-corrected chi connectivity index (χ1v) is 12.0. The fourth-order valence-corrected chi connectivity index (χ4v) is 3.42. The third-order valence-corrected chi connectivity index (χ3v) is 4.64. The van der Waals surface area contributed by atoms with Crippen molar-refractivity contribution >= 4 is 5.69 Å². The average Bonchev–Trinajstić information content (AvgIpc) is 3.14. The summed E-state index contributed by atoms with van der Waals surface area (Å²) in [7, 11) is 1.94. The summed E-state index contributed by atoms with van der Waals surface area (Å²) in [5, 5.41) is 11.2. The Kier molecular flexibility index (Phi) is 12.9. The van der Waals surface area contributed by atoms with Gasteiger partial charge in [-0.3, -0.25) is 4.68 Å². The van der Waals surface area contributed by atoms with Crippen molar-refractivity contribution in [3.05, 3.63) is 72.1 Å². The SMILES string of the molecule is C.CC.CC(NC(C)(C)C)c1ccc(-c2cnn(C)c2)cc1.Cc1cccc(NC(C)(C)C)c1. The lowest BCUT2D eigenvalue weighted by Crippen LogP contribution is -2.37. The van der Waals surface area contributed by atoms with Gasteiger partial charge >= 0.3 is 0 Å². The number of aromatic nitrogens is 2. The predicted octanol–water partition coefficient (Wildman–Crippen LogP) is 8.40. The van der Waals surface area contributed by atoms with Crippen molar-refractivity contribution in [1.82, 2.24) is 15.1 Å². The Hall–Kier alpha value is -2.59. The van der Waals surface area contributed by atoms with Gasteiger partial charge < -0.3 is 10.6 Å². The van der Waals surface area contributed by atoms with E-state index in [-0.39, 0.29) is 18.5 Å². The lowest BCUT2D eigenvalue weighted by molar-refractivity contribution is 0.378. The van der Waals surface area contributed by atoms with Crippen molar-refractivity contribution in [2.45, 2.75) is 93.8 Å². The molecule has 0 aliphatic heterocycles. The summed E-state index contributed by atoms with van der Waals surface area (Å²) >= 11 is 0. The number of nitrogens with one attached hydrogen (secondary N) is 2. The summed E-state index contributed by atoms with van der Waals surface area (Å²) in [5.74, 6) is 0. The molecular weight excluding hydrogens is 416 g/mol. The van der Waals surface area contributed by atoms with Gasteiger partial charge in [-0.05, 0) is 84.2 Å². The minimum absolute atomic E-state index is 0. The van der Waals surface area contributed by atoms with E-state index in [1.54, 1.807) is 0 Å². The van der Waals surface area contributed by atoms with E-state index >= 15 is 0 Å². The summed E-state index contributed by atoms with van der Waals surface area (Å²) < 4.78 is 1.83. The van der Waals surface area contributed by atoms with Crippen LogP contribution >= 0.6 is 0 Å². The van der Waals surface area contributed by atoms with Gasteiger partial charge in [0.1, 0.15) is 0 Å². The maximum atomic E-state index is 4.20. The lowest BCUT2D eigenvalue weighted by atomic mass is 10.0. The van der Waals surface area contributed by atoms with Crippen LogP contribution in [0, 0.1) is 6.92 Å². The molecule has 0 saturated carbocycles. The number of rotatable bonds is 4. The van der Waals surface area contributed by atoms with E-state index in [1.165, 1.54) is 22.4 Å². The first-order valence-electron chi connectivity index (χ1n) is 12.0. The molecule has 1 aromatic heterocycles. The molecule has 0 aliphatic rings. The molecule has 0 saturated heterocycles. The molecule has 0 amide bonds. The molecular formula is C30H50N4. The summed E-state index contributed by atoms with van der Waals surface area (Å²) in [6.07, 6.45) is 3.93. The number of benzene rings is 2. The van der Waals surface area contributed by atoms with Crippen LogP contribution in [0.2, 0.25) is 0 Å². The van der Waals surface area contributed by atoms with Crippen molar-refractivity contribution in [2.75, 3.05) is 5.32 Å². The number of nitrogens with zero attached hydrogens (tertiary/aromatic N) is 2. The molecule has 0 bridgehead atoms. The van der Waals surface area contributed by atoms with E-state index in [9.17, 15) is 0 Å². The third-order valence-electron chi connectivity index (χ3n) is 4.64. The summed E-state index contributed by atoms with van der Waals surface area (Å²) in [4.78, 5) is 0. The van der Waals surface area contributed by atoms with Crippen LogP contribution in [0.3, 0.4) is 0 Å². The number of aryl methyl sites for hydroxylation is 2. The van der Waals surface area contributed by atoms with Crippen molar-refractivity contribution in [3.8, 4) is 11.1 Å². The Morgan fingerprint density at radius 2 is 1.44 bits per heavy atom. The van der Waals surface area contributed by atoms with E-state index in [1.807, 2.05) is 38.0 Å². The Morgan fingerprint density at radius 1 is 0.853 bits per heavy atom. The zero-order chi connectivity index (χ0) is 25.2. The highest BCUT2D eigenvalue weighted by atomic mass is 15.2. The fraction of sp³-hybridized carbons (Fsp3) is 0.500. The van der Waals surface area contributed by atoms with E-state index < -0.39 is 0 Å². The van der Waals surface area contributed by atoms with Crippen LogP contribution in [-0.2, 0) is 7.05 Å². The molecule has 190 valence electrons. The maximum Gasteiger partial charge on any atom is 0.0568 e. The molecule has 0 spiro atoms. The molecule has 4 nitrogen and oxygen atoms in total. The van der Waals surface area contributed by atoms with Gasteiger partial charge in [0, 0.05) is 41.6 Å². The summed E-state index contributed by atoms with van der Waals surface area (Å²) in [6.45, 7) is 21.4. The van der Waals surface area contributed by atoms with Crippen LogP contribution in [0.5, 0.6) is 0 Å². The quantitative estimate of drug-likeness (QED) is 0.405. The molecule has 2 aromatic carbocycles. The molecule has 34 heavy (non-hydrogen) atoms. The molecule has 3 rings (SSSR count). The van der Waals surface area contributed by atoms with Gasteiger partial charge in [0.05, 0.1) is 6.20 Å². The van der Waals surface area contributed by atoms with Crippen molar-refractivity contribution in [1.29, 1.82) is 0 Å². The minimum Gasteiger partial charge on any atom is -0.380 e. The lowest BCUT2D eigenvalue weighted by Gasteiger charge is -2.26. The molecule has 4 heteroatoms. The van der Waals surface area contributed by atoms with Gasteiger partial charge in [0.2, 0.25) is 0 Å². The Bertz CT molecular complexity index is 941. The van der Waals surface area contributed by atoms with E-state index in [4.69, 9.17) is 0 Å². The van der Waals surface area contributed by atoms with Crippen LogP contribution in [0.4, 0.5) is 5.69 Å². The molecule has 1 atom stereocenters. The van der Waals surface area contributed by atoms with Crippen LogP contribution in [-0.4, -0.2) is 20.9 Å². The van der Waals surface area contributed by atoms with Gasteiger partial charge in [-0.15, -0.1) is 0 Å². The second kappa shape index (κ2) is 14.0. The molecule has 1 heterocycles. The second-order valence-electron chi connectivity index (χ2n) is 10.4. The van der Waals surface area contributed by atoms with Crippen molar-refractivity contribution in [3.63, 3.8) is 0 Å². The van der Waals surface area contributed by atoms with Crippen LogP contribution in [0.15, 0.2) is 60.9 Å². The predicted molar refractivity (Wildman–Crippen MR) is 153 cm³/mol. The Balaban J connectivity index is 0.000000630. The highest BCUT2D eigenvalue weighted by Crippen LogP contribution is 2.22. The van der Waals surface area contributed by atoms with Crippen LogP contribution in [0.1, 0.15) is 86.9 Å². The Morgan fingerprint density at radius 3 is 1.88 bits per heavy atom. The van der Waals surface area contributed by atoms with Crippen LogP contribution in [0.25, 0.3) is 11.1 Å². The molecule has 0 aliphatic carbocycles. The normalized spacial score (nSPS) is 11.7. The van der Waals surface area contributed by atoms with Crippen molar-refractivity contribution < 1.29 is 0 Å². The number of hydrogen-bond donors (Lipinski definition) is 2. The zero-order valence-corrected chi connectivity index (χ0v) is 22.7. The third kappa shape index (κ3) is 12.0. The molecule has 1 unspecified atom stereocenters. The van der Waals surface area contributed by atoms with E-state index in [0.717, 1.165) is 5.56 Å². The standard InChI is InChI=1S/C16H23N3.C11H17N.C2H6.CH4/c1-12(18-16(2,3)4)13-6-8-14(9-7-13)15-10-17-19(5)11-15;1-9-6-5-7-10(8-9)12-11(2,3)4;1-2;/h6-12,18H,1-5H3;5-8,12H,1-4H3;1-2H3;1H4. The second-order valence-corrected chi connectivity index (χ2v) is 10.4. The monoisotopic (exact) mass is 466 g/mol. The molecule has 0 fully saturated rings. The molecule has 3 aromatic rings. The van der Waals surface area contributed by atoms with Crippen LogP contribution < -0.4 is 10.6 Å². The Labute approximate surface area is 210 Å². The first kappa shape index (κ1) is 31.4. The number of hydrogen-bond acceptors (Lipinski definition) is 3. The topological polar surface area (TPSA) is 41.9 Å². The number of anilines is 1. The highest BCUT2D eigenvalue weighted by molar-refractivity contribution is 5.62. The molecule has 2 N–H and O–H groups in total. The smallest absolute Gasteiger partial charge is 0.0568 e. The maximum absolute atomic E-state index is 4.20. The zero-order valence-electron chi connectivity index (χ0n) is 22.7. The average molecular weight is 467 g/mol. The van der Waals surface area contributed by atoms with Gasteiger partial charge in [0.25, 0.3) is 0 Å². The fourth-order valence-electron chi connectivity index (χ4n) is 3.42. The molecule has 0 radical (unpaired) electrons. The largest absolute Gasteiger partial charge is 0.380 e. The first-order chi connectivity index (χ1) is 15.3. The van der Waals surface area contributed by atoms with Gasteiger partial charge in [-0.25, -0.2) is 0 Å². The highest BCUT2D eigenvalue weighted by Gasteiger charge is 2.14. The van der Waals surface area contributed by atoms with Crippen molar-refractivity contribution in [2.24, 2.45) is 7.05 Å². The van der Waals surface area contributed by atoms with Gasteiger partial charge in [0.15, 0.2) is 0 Å².